The zero-order chi connectivity index (χ0) is 17.8. The second kappa shape index (κ2) is 7.48. The van der Waals surface area contributed by atoms with Crippen LogP contribution in [0.3, 0.4) is 0 Å². The maximum absolute atomic E-state index is 12.2. The quantitative estimate of drug-likeness (QED) is 0.461. The van der Waals surface area contributed by atoms with Crippen LogP contribution in [0.1, 0.15) is 38.6 Å². The largest absolute Gasteiger partial charge is 0.461 e. The van der Waals surface area contributed by atoms with Gasteiger partial charge in [0.15, 0.2) is 11.5 Å². The summed E-state index contributed by atoms with van der Waals surface area (Å²) < 4.78 is 15.5. The van der Waals surface area contributed by atoms with Crippen LogP contribution in [-0.2, 0) is 16.1 Å². The van der Waals surface area contributed by atoms with Gasteiger partial charge in [0, 0.05) is 27.8 Å². The summed E-state index contributed by atoms with van der Waals surface area (Å²) in [6.45, 7) is 3.86. The lowest BCUT2D eigenvalue weighted by atomic mass is 10.1. The molecule has 3 aromatic rings. The molecule has 3 rings (SSSR count). The molecular formula is C18H17NO5S. The number of aryl methyl sites for hydroxylation is 2. The normalized spacial score (nSPS) is 10.8. The Bertz CT molecular complexity index is 875. The van der Waals surface area contributed by atoms with Gasteiger partial charge in [-0.1, -0.05) is 5.16 Å². The summed E-state index contributed by atoms with van der Waals surface area (Å²) in [6.07, 6.45) is 1.70. The molecule has 0 aliphatic rings. The van der Waals surface area contributed by atoms with Crippen LogP contribution in [0, 0.1) is 13.8 Å². The summed E-state index contributed by atoms with van der Waals surface area (Å²) >= 11 is 1.58. The highest BCUT2D eigenvalue weighted by Gasteiger charge is 2.15. The van der Waals surface area contributed by atoms with Crippen molar-refractivity contribution in [2.24, 2.45) is 0 Å². The van der Waals surface area contributed by atoms with Crippen LogP contribution in [0.25, 0.3) is 11.5 Å². The van der Waals surface area contributed by atoms with Gasteiger partial charge in [0.2, 0.25) is 5.76 Å². The van der Waals surface area contributed by atoms with Crippen molar-refractivity contribution in [3.8, 4) is 11.5 Å². The first-order chi connectivity index (χ1) is 12.0. The van der Waals surface area contributed by atoms with Crippen LogP contribution in [0.5, 0.6) is 0 Å². The second-order valence-corrected chi connectivity index (χ2v) is 7.03. The van der Waals surface area contributed by atoms with E-state index in [0.717, 1.165) is 9.75 Å². The third kappa shape index (κ3) is 4.24. The lowest BCUT2D eigenvalue weighted by Gasteiger charge is -2.02. The van der Waals surface area contributed by atoms with Crippen molar-refractivity contribution in [2.45, 2.75) is 33.3 Å². The Morgan fingerprint density at radius 1 is 1.20 bits per heavy atom. The highest BCUT2D eigenvalue weighted by atomic mass is 32.1. The van der Waals surface area contributed by atoms with E-state index in [9.17, 15) is 9.59 Å². The molecule has 0 N–H and O–H groups in total. The highest BCUT2D eigenvalue weighted by molar-refractivity contribution is 7.12. The molecule has 130 valence electrons. The Morgan fingerprint density at radius 2 is 2.04 bits per heavy atom. The summed E-state index contributed by atoms with van der Waals surface area (Å²) in [5.41, 5.74) is 1.17. The lowest BCUT2D eigenvalue weighted by Crippen LogP contribution is -2.08. The summed E-state index contributed by atoms with van der Waals surface area (Å²) in [5, 5.41) is 3.82. The number of ketones is 1. The van der Waals surface area contributed by atoms with Gasteiger partial charge in [-0.05, 0) is 32.0 Å². The number of aromatic nitrogens is 1. The fraction of sp³-hybridized carbons (Fsp3) is 0.278. The molecule has 0 atom stereocenters. The van der Waals surface area contributed by atoms with E-state index in [0.29, 0.717) is 22.8 Å². The molecule has 0 saturated carbocycles. The Labute approximate surface area is 148 Å². The number of hydrogen-bond acceptors (Lipinski definition) is 7. The van der Waals surface area contributed by atoms with Gasteiger partial charge in [0.1, 0.15) is 12.3 Å². The average Bonchev–Trinajstić information content (AvgIpc) is 3.31. The van der Waals surface area contributed by atoms with Gasteiger partial charge in [0.25, 0.3) is 0 Å². The van der Waals surface area contributed by atoms with Crippen molar-refractivity contribution in [1.29, 1.82) is 0 Å². The van der Waals surface area contributed by atoms with E-state index in [1.807, 2.05) is 19.9 Å². The molecule has 0 spiro atoms. The highest BCUT2D eigenvalue weighted by Crippen LogP contribution is 2.23. The van der Waals surface area contributed by atoms with E-state index in [1.165, 1.54) is 6.26 Å². The predicted molar refractivity (Wildman–Crippen MR) is 91.4 cm³/mol. The molecule has 0 bridgehead atoms. The number of nitrogens with zero attached hydrogens (tertiary/aromatic N) is 1. The van der Waals surface area contributed by atoms with Crippen molar-refractivity contribution in [3.05, 3.63) is 51.5 Å². The molecule has 3 heterocycles. The zero-order valence-corrected chi connectivity index (χ0v) is 14.7. The molecule has 0 aliphatic heterocycles. The van der Waals surface area contributed by atoms with E-state index < -0.39 is 5.97 Å². The number of hydrogen-bond donors (Lipinski definition) is 0. The number of rotatable bonds is 7. The fourth-order valence-corrected chi connectivity index (χ4v) is 3.34. The molecule has 25 heavy (non-hydrogen) atoms. The van der Waals surface area contributed by atoms with Gasteiger partial charge in [-0.15, -0.1) is 11.3 Å². The van der Waals surface area contributed by atoms with Gasteiger partial charge in [-0.25, -0.2) is 0 Å². The molecule has 0 amide bonds. The minimum atomic E-state index is -0.444. The van der Waals surface area contributed by atoms with Crippen molar-refractivity contribution in [1.82, 2.24) is 5.16 Å². The summed E-state index contributed by atoms with van der Waals surface area (Å²) in [7, 11) is 0. The molecule has 0 radical (unpaired) electrons. The number of Topliss-reactive ketones (excluding diaryl/α,β-unsaturated/α-hetero) is 1. The van der Waals surface area contributed by atoms with Crippen LogP contribution in [-0.4, -0.2) is 16.9 Å². The van der Waals surface area contributed by atoms with E-state index >= 15 is 0 Å². The number of ether oxygens (including phenoxy) is 1. The number of carbonyl (C=O) groups is 2. The minimum Gasteiger partial charge on any atom is -0.461 e. The number of esters is 1. The Morgan fingerprint density at radius 3 is 2.72 bits per heavy atom. The molecule has 7 heteroatoms. The Balaban J connectivity index is 1.47. The Hall–Kier alpha value is -2.67. The first-order valence-electron chi connectivity index (χ1n) is 7.78. The molecule has 0 fully saturated rings. The maximum atomic E-state index is 12.2. The number of carbonyl (C=O) groups excluding carboxylic acids is 2. The van der Waals surface area contributed by atoms with Crippen LogP contribution in [0.2, 0.25) is 0 Å². The molecule has 0 saturated heterocycles. The topological polar surface area (TPSA) is 82.5 Å². The van der Waals surface area contributed by atoms with Crippen LogP contribution in [0.15, 0.2) is 39.5 Å². The molecule has 0 aromatic carbocycles. The van der Waals surface area contributed by atoms with Gasteiger partial charge >= 0.3 is 5.97 Å². The lowest BCUT2D eigenvalue weighted by molar-refractivity contribution is -0.145. The van der Waals surface area contributed by atoms with E-state index in [1.54, 1.807) is 29.5 Å². The third-order valence-corrected chi connectivity index (χ3v) is 4.57. The van der Waals surface area contributed by atoms with E-state index in [2.05, 4.69) is 5.16 Å². The average molecular weight is 359 g/mol. The van der Waals surface area contributed by atoms with Crippen molar-refractivity contribution >= 4 is 23.1 Å². The SMILES string of the molecule is Cc1cc(C(=O)CCC(=O)OCc2cc(-c3ccco3)on2)c(C)s1. The van der Waals surface area contributed by atoms with E-state index in [4.69, 9.17) is 13.7 Å². The minimum absolute atomic E-state index is 0.00613. The van der Waals surface area contributed by atoms with Crippen LogP contribution >= 0.6 is 11.3 Å². The zero-order valence-electron chi connectivity index (χ0n) is 13.9. The first-order valence-corrected chi connectivity index (χ1v) is 8.60. The molecule has 6 nitrogen and oxygen atoms in total. The molecule has 0 unspecified atom stereocenters. The molecular weight excluding hydrogens is 342 g/mol. The first kappa shape index (κ1) is 17.2. The van der Waals surface area contributed by atoms with Crippen molar-refractivity contribution in [3.63, 3.8) is 0 Å². The fourth-order valence-electron chi connectivity index (χ4n) is 2.40. The van der Waals surface area contributed by atoms with E-state index in [-0.39, 0.29) is 25.2 Å². The van der Waals surface area contributed by atoms with Gasteiger partial charge < -0.3 is 13.7 Å². The van der Waals surface area contributed by atoms with Crippen LogP contribution < -0.4 is 0 Å². The third-order valence-electron chi connectivity index (χ3n) is 3.60. The second-order valence-electron chi connectivity index (χ2n) is 5.57. The van der Waals surface area contributed by atoms with Gasteiger partial charge in [-0.2, -0.15) is 0 Å². The van der Waals surface area contributed by atoms with Gasteiger partial charge in [0.05, 0.1) is 12.7 Å². The van der Waals surface area contributed by atoms with Crippen molar-refractivity contribution in [2.75, 3.05) is 0 Å². The maximum Gasteiger partial charge on any atom is 0.306 e. The monoisotopic (exact) mass is 359 g/mol. The summed E-state index contributed by atoms with van der Waals surface area (Å²) in [5.74, 6) is 0.535. The number of furan rings is 1. The summed E-state index contributed by atoms with van der Waals surface area (Å²) in [4.78, 5) is 26.0. The van der Waals surface area contributed by atoms with Gasteiger partial charge in [-0.3, -0.25) is 9.59 Å². The summed E-state index contributed by atoms with van der Waals surface area (Å²) in [6, 6.07) is 7.00. The molecule has 0 aliphatic carbocycles. The smallest absolute Gasteiger partial charge is 0.306 e. The molecule has 3 aromatic heterocycles. The van der Waals surface area contributed by atoms with Crippen molar-refractivity contribution < 1.29 is 23.3 Å². The standard InChI is InChI=1S/C18H17NO5S/c1-11-8-14(12(2)25-11)15(20)5-6-18(21)23-10-13-9-17(24-19-13)16-4-3-7-22-16/h3-4,7-9H,5-6,10H2,1-2H3. The number of thiophene rings is 1. The Kier molecular flexibility index (Phi) is 5.14. The van der Waals surface area contributed by atoms with Crippen LogP contribution in [0.4, 0.5) is 0 Å². The predicted octanol–water partition coefficient (Wildman–Crippen LogP) is 4.32.